The van der Waals surface area contributed by atoms with Crippen LogP contribution in [0.3, 0.4) is 0 Å². The van der Waals surface area contributed by atoms with Crippen molar-refractivity contribution in [2.24, 2.45) is 0 Å². The summed E-state index contributed by atoms with van der Waals surface area (Å²) in [5.74, 6) is 0.936. The van der Waals surface area contributed by atoms with Gasteiger partial charge in [0.2, 0.25) is 5.91 Å². The van der Waals surface area contributed by atoms with E-state index in [2.05, 4.69) is 16.4 Å². The van der Waals surface area contributed by atoms with E-state index in [4.69, 9.17) is 4.74 Å². The van der Waals surface area contributed by atoms with Gasteiger partial charge in [-0.1, -0.05) is 30.3 Å². The highest BCUT2D eigenvalue weighted by atomic mass is 16.5. The maximum atomic E-state index is 12.6. The highest BCUT2D eigenvalue weighted by molar-refractivity contribution is 5.91. The third-order valence-electron chi connectivity index (χ3n) is 5.88. The van der Waals surface area contributed by atoms with Crippen molar-refractivity contribution in [1.29, 1.82) is 0 Å². The molecular weight excluding hydrogens is 386 g/mol. The van der Waals surface area contributed by atoms with Crippen molar-refractivity contribution in [3.8, 4) is 5.75 Å². The molecule has 2 aromatic carbocycles. The molecule has 1 saturated heterocycles. The minimum absolute atomic E-state index is 0.0942. The number of carbonyl (C=O) groups is 1. The zero-order valence-electron chi connectivity index (χ0n) is 18.0. The highest BCUT2D eigenvalue weighted by Gasteiger charge is 2.19. The lowest BCUT2D eigenvalue weighted by Gasteiger charge is -2.19. The van der Waals surface area contributed by atoms with Crippen molar-refractivity contribution >= 4 is 22.9 Å². The number of ether oxygens (including phenoxy) is 1. The monoisotopic (exact) mass is 415 g/mol. The first-order chi connectivity index (χ1) is 15.2. The van der Waals surface area contributed by atoms with Crippen LogP contribution in [0.5, 0.6) is 5.75 Å². The number of hydrogen-bond donors (Lipinski definition) is 1. The van der Waals surface area contributed by atoms with Crippen LogP contribution in [-0.4, -0.2) is 42.0 Å². The molecule has 1 unspecified atom stereocenters. The SMILES string of the molecule is COc1ccc2nccc(CNC3CCCN(C(=O)/C=C/c4ccccc4)CC3)c2c1. The molecule has 5 heteroatoms. The Hall–Kier alpha value is -3.18. The van der Waals surface area contributed by atoms with Crippen LogP contribution in [0.25, 0.3) is 17.0 Å². The van der Waals surface area contributed by atoms with E-state index >= 15 is 0 Å². The Morgan fingerprint density at radius 2 is 2.03 bits per heavy atom. The molecule has 0 spiro atoms. The fraction of sp³-hybridized carbons (Fsp3) is 0.308. The second-order valence-corrected chi connectivity index (χ2v) is 7.93. The number of hydrogen-bond acceptors (Lipinski definition) is 4. The fourth-order valence-corrected chi connectivity index (χ4v) is 4.08. The van der Waals surface area contributed by atoms with Gasteiger partial charge in [0.1, 0.15) is 5.75 Å². The number of rotatable bonds is 6. The average Bonchev–Trinajstić information content (AvgIpc) is 3.07. The van der Waals surface area contributed by atoms with Gasteiger partial charge in [-0.05, 0) is 60.7 Å². The summed E-state index contributed by atoms with van der Waals surface area (Å²) in [5.41, 5.74) is 3.24. The predicted molar refractivity (Wildman–Crippen MR) is 125 cm³/mol. The van der Waals surface area contributed by atoms with Gasteiger partial charge in [-0.2, -0.15) is 0 Å². The molecule has 1 amide bonds. The molecule has 1 aromatic heterocycles. The molecular formula is C26H29N3O2. The molecule has 0 saturated carbocycles. The van der Waals surface area contributed by atoms with Crippen LogP contribution >= 0.6 is 0 Å². The molecule has 1 aliphatic heterocycles. The second-order valence-electron chi connectivity index (χ2n) is 7.93. The first-order valence-electron chi connectivity index (χ1n) is 10.9. The number of methoxy groups -OCH3 is 1. The van der Waals surface area contributed by atoms with Gasteiger partial charge in [0.05, 0.1) is 12.6 Å². The molecule has 1 aliphatic rings. The van der Waals surface area contributed by atoms with E-state index < -0.39 is 0 Å². The normalized spacial score (nSPS) is 17.1. The van der Waals surface area contributed by atoms with Crippen LogP contribution in [0.4, 0.5) is 0 Å². The quantitative estimate of drug-likeness (QED) is 0.605. The second kappa shape index (κ2) is 10.2. The predicted octanol–water partition coefficient (Wildman–Crippen LogP) is 4.43. The number of aromatic nitrogens is 1. The molecule has 31 heavy (non-hydrogen) atoms. The maximum Gasteiger partial charge on any atom is 0.246 e. The van der Waals surface area contributed by atoms with Gasteiger partial charge in [0, 0.05) is 43.3 Å². The Bertz CT molecular complexity index is 1050. The standard InChI is InChI=1S/C26H29N3O2/c1-31-23-10-11-25-24(18-23)21(13-15-27-25)19-28-22-8-5-16-29(17-14-22)26(30)12-9-20-6-3-2-4-7-20/h2-4,6-7,9-13,15,18,22,28H,5,8,14,16-17,19H2,1H3/b12-9+. The molecule has 5 nitrogen and oxygen atoms in total. The third kappa shape index (κ3) is 5.50. The van der Waals surface area contributed by atoms with Crippen molar-refractivity contribution < 1.29 is 9.53 Å². The smallest absolute Gasteiger partial charge is 0.246 e. The fourth-order valence-electron chi connectivity index (χ4n) is 4.08. The number of fused-ring (bicyclic) bond motifs is 1. The molecule has 4 rings (SSSR count). The number of nitrogens with zero attached hydrogens (tertiary/aromatic N) is 2. The number of benzene rings is 2. The largest absolute Gasteiger partial charge is 0.497 e. The Balaban J connectivity index is 1.34. The van der Waals surface area contributed by atoms with E-state index in [1.165, 1.54) is 5.56 Å². The minimum atomic E-state index is 0.0942. The summed E-state index contributed by atoms with van der Waals surface area (Å²) < 4.78 is 5.38. The Morgan fingerprint density at radius 3 is 2.87 bits per heavy atom. The third-order valence-corrected chi connectivity index (χ3v) is 5.88. The molecule has 1 N–H and O–H groups in total. The van der Waals surface area contributed by atoms with E-state index in [1.54, 1.807) is 13.2 Å². The van der Waals surface area contributed by atoms with E-state index in [0.717, 1.165) is 61.1 Å². The molecule has 2 heterocycles. The molecule has 0 bridgehead atoms. The van der Waals surface area contributed by atoms with Gasteiger partial charge < -0.3 is 15.0 Å². The van der Waals surface area contributed by atoms with Crippen molar-refractivity contribution in [3.63, 3.8) is 0 Å². The van der Waals surface area contributed by atoms with Crippen LogP contribution < -0.4 is 10.1 Å². The zero-order chi connectivity index (χ0) is 21.5. The van der Waals surface area contributed by atoms with E-state index in [-0.39, 0.29) is 5.91 Å². The molecule has 1 atom stereocenters. The molecule has 0 radical (unpaired) electrons. The van der Waals surface area contributed by atoms with Gasteiger partial charge in [-0.15, -0.1) is 0 Å². The minimum Gasteiger partial charge on any atom is -0.497 e. The first kappa shape index (κ1) is 21.1. The average molecular weight is 416 g/mol. The highest BCUT2D eigenvalue weighted by Crippen LogP contribution is 2.23. The summed E-state index contributed by atoms with van der Waals surface area (Å²) in [4.78, 5) is 19.0. The lowest BCUT2D eigenvalue weighted by Crippen LogP contribution is -2.33. The summed E-state index contributed by atoms with van der Waals surface area (Å²) in [5, 5.41) is 4.82. The van der Waals surface area contributed by atoms with Gasteiger partial charge in [0.25, 0.3) is 0 Å². The van der Waals surface area contributed by atoms with Crippen molar-refractivity contribution in [2.45, 2.75) is 31.8 Å². The molecule has 1 fully saturated rings. The van der Waals surface area contributed by atoms with Gasteiger partial charge in [-0.3, -0.25) is 9.78 Å². The number of nitrogens with one attached hydrogen (secondary N) is 1. The van der Waals surface area contributed by atoms with Crippen LogP contribution in [0.2, 0.25) is 0 Å². The van der Waals surface area contributed by atoms with Crippen LogP contribution in [0.15, 0.2) is 66.9 Å². The Labute approximate surface area is 183 Å². The topological polar surface area (TPSA) is 54.5 Å². The number of amides is 1. The van der Waals surface area contributed by atoms with Crippen LogP contribution in [0.1, 0.15) is 30.4 Å². The lowest BCUT2D eigenvalue weighted by molar-refractivity contribution is -0.125. The molecule has 0 aliphatic carbocycles. The molecule has 3 aromatic rings. The van der Waals surface area contributed by atoms with Crippen LogP contribution in [0, 0.1) is 0 Å². The number of carbonyl (C=O) groups excluding carboxylic acids is 1. The number of pyridine rings is 1. The van der Waals surface area contributed by atoms with E-state index in [1.807, 2.05) is 65.7 Å². The van der Waals surface area contributed by atoms with Crippen LogP contribution in [-0.2, 0) is 11.3 Å². The van der Waals surface area contributed by atoms with Gasteiger partial charge >= 0.3 is 0 Å². The summed E-state index contributed by atoms with van der Waals surface area (Å²) in [6, 6.07) is 18.4. The zero-order valence-corrected chi connectivity index (χ0v) is 18.0. The summed E-state index contributed by atoms with van der Waals surface area (Å²) in [7, 11) is 1.68. The summed E-state index contributed by atoms with van der Waals surface area (Å²) >= 11 is 0. The first-order valence-corrected chi connectivity index (χ1v) is 10.9. The Kier molecular flexibility index (Phi) is 6.95. The van der Waals surface area contributed by atoms with Gasteiger partial charge in [0.15, 0.2) is 0 Å². The van der Waals surface area contributed by atoms with E-state index in [0.29, 0.717) is 6.04 Å². The van der Waals surface area contributed by atoms with Crippen molar-refractivity contribution in [3.05, 3.63) is 78.0 Å². The van der Waals surface area contributed by atoms with Crippen molar-refractivity contribution in [1.82, 2.24) is 15.2 Å². The van der Waals surface area contributed by atoms with E-state index in [9.17, 15) is 4.79 Å². The van der Waals surface area contributed by atoms with Gasteiger partial charge in [-0.25, -0.2) is 0 Å². The summed E-state index contributed by atoms with van der Waals surface area (Å²) in [6.07, 6.45) is 8.48. The summed E-state index contributed by atoms with van der Waals surface area (Å²) in [6.45, 7) is 2.37. The van der Waals surface area contributed by atoms with Crippen molar-refractivity contribution in [2.75, 3.05) is 20.2 Å². The lowest BCUT2D eigenvalue weighted by atomic mass is 10.1. The Morgan fingerprint density at radius 1 is 1.16 bits per heavy atom. The molecule has 160 valence electrons. The number of likely N-dealkylation sites (tertiary alicyclic amines) is 1. The maximum absolute atomic E-state index is 12.6.